The molecular weight excluding hydrogens is 243 g/mol. The Labute approximate surface area is 113 Å². The van der Waals surface area contributed by atoms with Crippen LogP contribution in [0.25, 0.3) is 0 Å². The molecule has 102 valence electrons. The van der Waals surface area contributed by atoms with Crippen LogP contribution in [0.15, 0.2) is 18.2 Å². The SMILES string of the molecule is Cc1ccc(F)c(OCCC2CCCC2(N)C#N)c1. The summed E-state index contributed by atoms with van der Waals surface area (Å²) < 4.78 is 19.0. The van der Waals surface area contributed by atoms with Gasteiger partial charge in [0, 0.05) is 0 Å². The number of hydrogen-bond acceptors (Lipinski definition) is 3. The van der Waals surface area contributed by atoms with E-state index < -0.39 is 5.54 Å². The van der Waals surface area contributed by atoms with Gasteiger partial charge in [-0.3, -0.25) is 0 Å². The molecule has 1 fully saturated rings. The van der Waals surface area contributed by atoms with Crippen molar-refractivity contribution in [2.75, 3.05) is 6.61 Å². The second-order valence-electron chi connectivity index (χ2n) is 5.31. The fourth-order valence-corrected chi connectivity index (χ4v) is 2.68. The van der Waals surface area contributed by atoms with Gasteiger partial charge in [-0.1, -0.05) is 12.5 Å². The van der Waals surface area contributed by atoms with Crippen LogP contribution >= 0.6 is 0 Å². The van der Waals surface area contributed by atoms with Crippen molar-refractivity contribution in [2.24, 2.45) is 11.7 Å². The number of hydrogen-bond donors (Lipinski definition) is 1. The fraction of sp³-hybridized carbons (Fsp3) is 0.533. The summed E-state index contributed by atoms with van der Waals surface area (Å²) in [4.78, 5) is 0. The highest BCUT2D eigenvalue weighted by Gasteiger charge is 2.39. The van der Waals surface area contributed by atoms with Crippen molar-refractivity contribution in [1.82, 2.24) is 0 Å². The molecule has 3 nitrogen and oxygen atoms in total. The first kappa shape index (κ1) is 13.8. The molecule has 0 saturated heterocycles. The van der Waals surface area contributed by atoms with E-state index in [0.29, 0.717) is 13.0 Å². The summed E-state index contributed by atoms with van der Waals surface area (Å²) in [7, 11) is 0. The third-order valence-corrected chi connectivity index (χ3v) is 3.89. The molecule has 2 unspecified atom stereocenters. The summed E-state index contributed by atoms with van der Waals surface area (Å²) in [6.45, 7) is 2.29. The lowest BCUT2D eigenvalue weighted by Crippen LogP contribution is -2.42. The first-order valence-corrected chi connectivity index (χ1v) is 6.64. The predicted octanol–water partition coefficient (Wildman–Crippen LogP) is 2.92. The van der Waals surface area contributed by atoms with Gasteiger partial charge in [-0.2, -0.15) is 5.26 Å². The lowest BCUT2D eigenvalue weighted by Gasteiger charge is -2.23. The number of aryl methyl sites for hydroxylation is 1. The zero-order valence-electron chi connectivity index (χ0n) is 11.2. The maximum Gasteiger partial charge on any atom is 0.165 e. The monoisotopic (exact) mass is 262 g/mol. The average molecular weight is 262 g/mol. The van der Waals surface area contributed by atoms with Gasteiger partial charge in [0.15, 0.2) is 11.6 Å². The van der Waals surface area contributed by atoms with Crippen molar-refractivity contribution < 1.29 is 9.13 Å². The van der Waals surface area contributed by atoms with Gasteiger partial charge in [-0.15, -0.1) is 0 Å². The summed E-state index contributed by atoms with van der Waals surface area (Å²) in [6, 6.07) is 7.01. The molecule has 0 amide bonds. The standard InChI is InChI=1S/C15H19FN2O/c1-11-4-5-13(16)14(9-11)19-8-6-12-3-2-7-15(12,18)10-17/h4-5,9,12H,2-3,6-8,18H2,1H3. The van der Waals surface area contributed by atoms with Gasteiger partial charge in [0.2, 0.25) is 0 Å². The van der Waals surface area contributed by atoms with Crippen LogP contribution in [-0.2, 0) is 0 Å². The van der Waals surface area contributed by atoms with E-state index in [1.807, 2.05) is 6.92 Å². The molecule has 0 radical (unpaired) electrons. The van der Waals surface area contributed by atoms with E-state index in [1.165, 1.54) is 6.07 Å². The first-order valence-electron chi connectivity index (χ1n) is 6.64. The van der Waals surface area contributed by atoms with Crippen molar-refractivity contribution in [1.29, 1.82) is 5.26 Å². The Morgan fingerprint density at radius 2 is 2.37 bits per heavy atom. The molecule has 0 spiro atoms. The quantitative estimate of drug-likeness (QED) is 0.907. The van der Waals surface area contributed by atoms with Gasteiger partial charge >= 0.3 is 0 Å². The van der Waals surface area contributed by atoms with Gasteiger partial charge in [-0.05, 0) is 49.8 Å². The van der Waals surface area contributed by atoms with E-state index in [1.54, 1.807) is 12.1 Å². The second-order valence-corrected chi connectivity index (χ2v) is 5.31. The Morgan fingerprint density at radius 3 is 3.11 bits per heavy atom. The highest BCUT2D eigenvalue weighted by Crippen LogP contribution is 2.35. The number of ether oxygens (including phenoxy) is 1. The minimum atomic E-state index is -0.728. The van der Waals surface area contributed by atoms with Crippen molar-refractivity contribution in [3.8, 4) is 11.8 Å². The number of nitrogens with zero attached hydrogens (tertiary/aromatic N) is 1. The molecule has 2 rings (SSSR count). The summed E-state index contributed by atoms with van der Waals surface area (Å²) in [5, 5.41) is 9.12. The van der Waals surface area contributed by atoms with Gasteiger partial charge in [0.1, 0.15) is 5.54 Å². The molecule has 2 N–H and O–H groups in total. The topological polar surface area (TPSA) is 59.0 Å². The van der Waals surface area contributed by atoms with E-state index >= 15 is 0 Å². The highest BCUT2D eigenvalue weighted by molar-refractivity contribution is 5.29. The Morgan fingerprint density at radius 1 is 1.58 bits per heavy atom. The molecule has 1 aliphatic carbocycles. The second kappa shape index (κ2) is 5.58. The Balaban J connectivity index is 1.90. The summed E-state index contributed by atoms with van der Waals surface area (Å²) >= 11 is 0. The molecule has 0 heterocycles. The molecule has 1 saturated carbocycles. The lowest BCUT2D eigenvalue weighted by molar-refractivity contribution is 0.246. The van der Waals surface area contributed by atoms with E-state index in [4.69, 9.17) is 15.7 Å². The number of nitriles is 1. The zero-order chi connectivity index (χ0) is 13.9. The normalized spacial score (nSPS) is 26.1. The van der Waals surface area contributed by atoms with Crippen molar-refractivity contribution in [3.05, 3.63) is 29.6 Å². The Hall–Kier alpha value is -1.60. The van der Waals surface area contributed by atoms with Crippen LogP contribution in [0.5, 0.6) is 5.75 Å². The Bertz CT molecular complexity index is 497. The lowest BCUT2D eigenvalue weighted by atomic mass is 9.87. The summed E-state index contributed by atoms with van der Waals surface area (Å²) in [6.07, 6.45) is 3.36. The third-order valence-electron chi connectivity index (χ3n) is 3.89. The minimum absolute atomic E-state index is 0.144. The predicted molar refractivity (Wildman–Crippen MR) is 71.1 cm³/mol. The van der Waals surface area contributed by atoms with Crippen LogP contribution in [0.3, 0.4) is 0 Å². The fourth-order valence-electron chi connectivity index (χ4n) is 2.68. The average Bonchev–Trinajstić information content (AvgIpc) is 2.76. The molecule has 1 aromatic carbocycles. The maximum absolute atomic E-state index is 13.5. The molecule has 2 atom stereocenters. The van der Waals surface area contributed by atoms with Crippen LogP contribution in [-0.4, -0.2) is 12.1 Å². The van der Waals surface area contributed by atoms with Crippen LogP contribution in [0.4, 0.5) is 4.39 Å². The smallest absolute Gasteiger partial charge is 0.165 e. The molecule has 0 bridgehead atoms. The van der Waals surface area contributed by atoms with Crippen LogP contribution < -0.4 is 10.5 Å². The largest absolute Gasteiger partial charge is 0.490 e. The van der Waals surface area contributed by atoms with Crippen molar-refractivity contribution in [2.45, 2.75) is 38.1 Å². The van der Waals surface area contributed by atoms with Gasteiger partial charge in [-0.25, -0.2) is 4.39 Å². The molecule has 19 heavy (non-hydrogen) atoms. The van der Waals surface area contributed by atoms with Gasteiger partial charge in [0.25, 0.3) is 0 Å². The molecular formula is C15H19FN2O. The first-order chi connectivity index (χ1) is 9.05. The van der Waals surface area contributed by atoms with E-state index in [-0.39, 0.29) is 17.5 Å². The van der Waals surface area contributed by atoms with E-state index in [0.717, 1.165) is 24.8 Å². The van der Waals surface area contributed by atoms with Gasteiger partial charge < -0.3 is 10.5 Å². The molecule has 0 aliphatic heterocycles. The highest BCUT2D eigenvalue weighted by atomic mass is 19.1. The molecule has 4 heteroatoms. The number of rotatable bonds is 4. The van der Waals surface area contributed by atoms with Gasteiger partial charge in [0.05, 0.1) is 12.7 Å². The van der Waals surface area contributed by atoms with E-state index in [2.05, 4.69) is 6.07 Å². The minimum Gasteiger partial charge on any atom is -0.490 e. The van der Waals surface area contributed by atoms with E-state index in [9.17, 15) is 4.39 Å². The summed E-state index contributed by atoms with van der Waals surface area (Å²) in [5.41, 5.74) is 6.28. The van der Waals surface area contributed by atoms with Crippen LogP contribution in [0, 0.1) is 30.0 Å². The molecule has 1 aromatic rings. The summed E-state index contributed by atoms with van der Waals surface area (Å²) in [5.74, 6) is 0.0688. The zero-order valence-corrected chi connectivity index (χ0v) is 11.2. The number of benzene rings is 1. The van der Waals surface area contributed by atoms with Crippen LogP contribution in [0.1, 0.15) is 31.2 Å². The van der Waals surface area contributed by atoms with Crippen LogP contribution in [0.2, 0.25) is 0 Å². The van der Waals surface area contributed by atoms with Crippen molar-refractivity contribution in [3.63, 3.8) is 0 Å². The van der Waals surface area contributed by atoms with Crippen molar-refractivity contribution >= 4 is 0 Å². The molecule has 0 aromatic heterocycles. The third kappa shape index (κ3) is 3.05. The number of halogens is 1. The Kier molecular flexibility index (Phi) is 4.06. The maximum atomic E-state index is 13.5. The molecule has 1 aliphatic rings. The number of nitrogens with two attached hydrogens (primary N) is 1.